The number of aryl methyl sites for hydroxylation is 1. The fraction of sp³-hybridized carbons (Fsp3) is 0.269. The lowest BCUT2D eigenvalue weighted by molar-refractivity contribution is 0.207. The highest BCUT2D eigenvalue weighted by molar-refractivity contribution is 7.18. The second-order valence-electron chi connectivity index (χ2n) is 8.41. The fourth-order valence-electron chi connectivity index (χ4n) is 4.32. The van der Waals surface area contributed by atoms with Gasteiger partial charge < -0.3 is 15.0 Å². The number of fused-ring (bicyclic) bond motifs is 3. The molecule has 7 nitrogen and oxygen atoms in total. The number of carbonyl (C=O) groups excluding carboxylic acids is 1. The Hall–Kier alpha value is -3.65. The van der Waals surface area contributed by atoms with Gasteiger partial charge in [0.1, 0.15) is 10.6 Å². The number of urea groups is 1. The molecule has 0 radical (unpaired) electrons. The molecule has 0 unspecified atom stereocenters. The molecule has 0 bridgehead atoms. The van der Waals surface area contributed by atoms with Gasteiger partial charge in [-0.15, -0.1) is 11.3 Å². The van der Waals surface area contributed by atoms with Crippen molar-refractivity contribution in [3.05, 3.63) is 86.8 Å². The maximum absolute atomic E-state index is 13.3. The van der Waals surface area contributed by atoms with Gasteiger partial charge in [0.15, 0.2) is 0 Å². The number of amides is 2. The molecule has 8 heteroatoms. The van der Waals surface area contributed by atoms with Crippen molar-refractivity contribution in [2.45, 2.75) is 33.4 Å². The summed E-state index contributed by atoms with van der Waals surface area (Å²) in [4.78, 5) is 34.3. The first-order valence-corrected chi connectivity index (χ1v) is 12.2. The van der Waals surface area contributed by atoms with Gasteiger partial charge in [-0.05, 0) is 55.7 Å². The molecule has 1 aliphatic rings. The quantitative estimate of drug-likeness (QED) is 0.451. The number of ether oxygens (including phenoxy) is 1. The van der Waals surface area contributed by atoms with Gasteiger partial charge in [-0.25, -0.2) is 9.78 Å². The van der Waals surface area contributed by atoms with E-state index in [1.165, 1.54) is 11.3 Å². The van der Waals surface area contributed by atoms with E-state index in [1.54, 1.807) is 15.8 Å². The van der Waals surface area contributed by atoms with Crippen LogP contribution in [0.4, 0.5) is 10.5 Å². The number of anilines is 1. The Morgan fingerprint density at radius 1 is 1.21 bits per heavy atom. The van der Waals surface area contributed by atoms with E-state index in [1.807, 2.05) is 56.3 Å². The summed E-state index contributed by atoms with van der Waals surface area (Å²) < 4.78 is 7.13. The highest BCUT2D eigenvalue weighted by Crippen LogP contribution is 2.32. The number of carbonyl (C=O) groups is 1. The molecular weight excluding hydrogens is 448 g/mol. The first kappa shape index (κ1) is 22.2. The van der Waals surface area contributed by atoms with E-state index < -0.39 is 0 Å². The van der Waals surface area contributed by atoms with Crippen molar-refractivity contribution < 1.29 is 9.53 Å². The molecule has 174 valence electrons. The number of hydrogen-bond acceptors (Lipinski definition) is 5. The van der Waals surface area contributed by atoms with Crippen molar-refractivity contribution in [2.75, 3.05) is 18.5 Å². The van der Waals surface area contributed by atoms with Gasteiger partial charge in [-0.3, -0.25) is 9.36 Å². The number of nitrogens with one attached hydrogen (secondary N) is 1. The van der Waals surface area contributed by atoms with Crippen LogP contribution in [0.1, 0.15) is 28.5 Å². The van der Waals surface area contributed by atoms with Crippen molar-refractivity contribution in [2.24, 2.45) is 0 Å². The SMILES string of the molecule is CCOc1ccc(NC(=O)N2CCc3c(sc4ncn(Cc5cccc(C)c5)c(=O)c34)C2)cc1. The Morgan fingerprint density at radius 2 is 2.03 bits per heavy atom. The molecular formula is C26H26N4O3S. The molecule has 2 aromatic carbocycles. The van der Waals surface area contributed by atoms with Crippen molar-refractivity contribution in [1.82, 2.24) is 14.5 Å². The van der Waals surface area contributed by atoms with Gasteiger partial charge >= 0.3 is 6.03 Å². The van der Waals surface area contributed by atoms with Gasteiger partial charge in [0, 0.05) is 17.1 Å². The summed E-state index contributed by atoms with van der Waals surface area (Å²) in [6.07, 6.45) is 2.27. The first-order valence-electron chi connectivity index (χ1n) is 11.4. The third-order valence-electron chi connectivity index (χ3n) is 5.97. The minimum atomic E-state index is -0.155. The number of nitrogens with zero attached hydrogens (tertiary/aromatic N) is 3. The summed E-state index contributed by atoms with van der Waals surface area (Å²) in [7, 11) is 0. The Morgan fingerprint density at radius 3 is 2.79 bits per heavy atom. The van der Waals surface area contributed by atoms with E-state index in [0.29, 0.717) is 38.0 Å². The molecule has 34 heavy (non-hydrogen) atoms. The zero-order valence-corrected chi connectivity index (χ0v) is 20.0. The Labute approximate surface area is 201 Å². The van der Waals surface area contributed by atoms with Gasteiger partial charge in [0.2, 0.25) is 0 Å². The van der Waals surface area contributed by atoms with E-state index in [2.05, 4.69) is 16.4 Å². The summed E-state index contributed by atoms with van der Waals surface area (Å²) in [5, 5.41) is 3.65. The van der Waals surface area contributed by atoms with E-state index in [9.17, 15) is 9.59 Å². The molecule has 1 N–H and O–H groups in total. The molecule has 0 fully saturated rings. The van der Waals surface area contributed by atoms with Crippen LogP contribution in [0.5, 0.6) is 5.75 Å². The Balaban J connectivity index is 1.34. The summed E-state index contributed by atoms with van der Waals surface area (Å²) in [6.45, 7) is 6.09. The molecule has 2 aromatic heterocycles. The topological polar surface area (TPSA) is 76.5 Å². The molecule has 0 saturated carbocycles. The lowest BCUT2D eigenvalue weighted by Gasteiger charge is -2.27. The molecule has 1 aliphatic heterocycles. The Bertz CT molecular complexity index is 1410. The molecule has 2 amide bonds. The lowest BCUT2D eigenvalue weighted by Crippen LogP contribution is -2.38. The lowest BCUT2D eigenvalue weighted by atomic mass is 10.1. The van der Waals surface area contributed by atoms with Crippen LogP contribution >= 0.6 is 11.3 Å². The molecule has 0 spiro atoms. The molecule has 5 rings (SSSR count). The second kappa shape index (κ2) is 9.30. The van der Waals surface area contributed by atoms with Gasteiger partial charge in [-0.2, -0.15) is 0 Å². The monoisotopic (exact) mass is 474 g/mol. The number of rotatable bonds is 5. The molecule has 4 aromatic rings. The Kier molecular flexibility index (Phi) is 6.06. The standard InChI is InChI=1S/C26H26N4O3S/c1-3-33-20-9-7-19(8-10-20)28-26(32)29-12-11-21-22(15-29)34-24-23(21)25(31)30(16-27-24)14-18-6-4-5-17(2)13-18/h4-10,13,16H,3,11-12,14-15H2,1-2H3,(H,28,32). The van der Waals surface area contributed by atoms with Crippen LogP contribution in [0.3, 0.4) is 0 Å². The number of thiophene rings is 1. The maximum atomic E-state index is 13.3. The van der Waals surface area contributed by atoms with Crippen molar-refractivity contribution in [3.63, 3.8) is 0 Å². The zero-order valence-electron chi connectivity index (χ0n) is 19.2. The molecule has 0 aliphatic carbocycles. The zero-order chi connectivity index (χ0) is 23.7. The van der Waals surface area contributed by atoms with Gasteiger partial charge in [0.25, 0.3) is 5.56 Å². The van der Waals surface area contributed by atoms with Crippen molar-refractivity contribution in [3.8, 4) is 5.75 Å². The number of benzene rings is 2. The smallest absolute Gasteiger partial charge is 0.322 e. The van der Waals surface area contributed by atoms with Crippen LogP contribution in [-0.4, -0.2) is 33.6 Å². The molecule has 0 atom stereocenters. The van der Waals surface area contributed by atoms with E-state index in [-0.39, 0.29) is 11.6 Å². The van der Waals surface area contributed by atoms with Crippen LogP contribution in [0.2, 0.25) is 0 Å². The number of aromatic nitrogens is 2. The summed E-state index contributed by atoms with van der Waals surface area (Å²) in [6, 6.07) is 15.3. The maximum Gasteiger partial charge on any atom is 0.322 e. The van der Waals surface area contributed by atoms with Crippen LogP contribution < -0.4 is 15.6 Å². The van der Waals surface area contributed by atoms with Crippen molar-refractivity contribution in [1.29, 1.82) is 0 Å². The van der Waals surface area contributed by atoms with E-state index in [4.69, 9.17) is 4.74 Å². The predicted molar refractivity (Wildman–Crippen MR) is 135 cm³/mol. The van der Waals surface area contributed by atoms with Gasteiger partial charge in [0.05, 0.1) is 31.4 Å². The van der Waals surface area contributed by atoms with Crippen molar-refractivity contribution >= 4 is 33.3 Å². The molecule has 3 heterocycles. The minimum absolute atomic E-state index is 0.0173. The summed E-state index contributed by atoms with van der Waals surface area (Å²) in [5.41, 5.74) is 3.97. The normalized spacial score (nSPS) is 13.1. The summed E-state index contributed by atoms with van der Waals surface area (Å²) in [5.74, 6) is 0.772. The highest BCUT2D eigenvalue weighted by atomic mass is 32.1. The second-order valence-corrected chi connectivity index (χ2v) is 9.49. The fourth-order valence-corrected chi connectivity index (χ4v) is 5.51. The third kappa shape index (κ3) is 4.41. The number of hydrogen-bond donors (Lipinski definition) is 1. The third-order valence-corrected chi connectivity index (χ3v) is 7.09. The minimum Gasteiger partial charge on any atom is -0.494 e. The van der Waals surface area contributed by atoms with E-state index >= 15 is 0 Å². The highest BCUT2D eigenvalue weighted by Gasteiger charge is 2.26. The van der Waals surface area contributed by atoms with E-state index in [0.717, 1.165) is 37.8 Å². The van der Waals surface area contributed by atoms with Crippen LogP contribution in [0.15, 0.2) is 59.7 Å². The predicted octanol–water partition coefficient (Wildman–Crippen LogP) is 4.80. The average Bonchev–Trinajstić information content (AvgIpc) is 3.21. The summed E-state index contributed by atoms with van der Waals surface area (Å²) >= 11 is 1.50. The molecule has 0 saturated heterocycles. The largest absolute Gasteiger partial charge is 0.494 e. The average molecular weight is 475 g/mol. The van der Waals surface area contributed by atoms with Crippen LogP contribution in [0.25, 0.3) is 10.2 Å². The van der Waals surface area contributed by atoms with Crippen LogP contribution in [0, 0.1) is 6.92 Å². The van der Waals surface area contributed by atoms with Crippen LogP contribution in [-0.2, 0) is 19.5 Å². The van der Waals surface area contributed by atoms with Gasteiger partial charge in [-0.1, -0.05) is 29.8 Å². The first-order chi connectivity index (χ1) is 16.5.